The van der Waals surface area contributed by atoms with Crippen LogP contribution in [0.25, 0.3) is 0 Å². The summed E-state index contributed by atoms with van der Waals surface area (Å²) in [7, 11) is -3.25. The monoisotopic (exact) mass is 570 g/mol. The average molecular weight is 571 g/mol. The minimum Gasteiger partial charge on any atom is -0.494 e. The molecular weight excluding hydrogens is 536 g/mol. The molecule has 0 fully saturated rings. The Morgan fingerprint density at radius 3 is 2.26 bits per heavy atom. The number of aldehydes is 1. The number of carbonyl (C=O) groups is 2. The van der Waals surface area contributed by atoms with Crippen molar-refractivity contribution in [3.8, 4) is 23.0 Å². The Balaban J connectivity index is 1.49. The molecule has 0 aliphatic heterocycles. The zero-order chi connectivity index (χ0) is 28.3. The number of rotatable bonds is 15. The summed E-state index contributed by atoms with van der Waals surface area (Å²) in [5.74, 6) is 2.69. The Bertz CT molecular complexity index is 1350. The van der Waals surface area contributed by atoms with Crippen LogP contribution in [0.1, 0.15) is 49.5 Å². The van der Waals surface area contributed by atoms with E-state index in [-0.39, 0.29) is 10.0 Å². The van der Waals surface area contributed by atoms with Crippen LogP contribution >= 0.6 is 11.8 Å². The lowest BCUT2D eigenvalue weighted by molar-refractivity contribution is -0.110. The fourth-order valence-electron chi connectivity index (χ4n) is 3.83. The molecule has 0 heterocycles. The maximum absolute atomic E-state index is 11.7. The maximum Gasteiger partial charge on any atom is 0.186 e. The smallest absolute Gasteiger partial charge is 0.186 e. The number of ether oxygens (including phenoxy) is 3. The summed E-state index contributed by atoms with van der Waals surface area (Å²) >= 11 is 0.994. The molecule has 3 aromatic carbocycles. The first kappa shape index (κ1) is 30.2. The molecule has 0 aliphatic rings. The number of benzene rings is 3. The molecule has 7 nitrogen and oxygen atoms in total. The van der Waals surface area contributed by atoms with Crippen molar-refractivity contribution in [2.45, 2.75) is 49.7 Å². The second-order valence-electron chi connectivity index (χ2n) is 9.01. The van der Waals surface area contributed by atoms with Gasteiger partial charge in [0, 0.05) is 13.2 Å². The van der Waals surface area contributed by atoms with Gasteiger partial charge in [0.15, 0.2) is 15.0 Å². The highest BCUT2D eigenvalue weighted by atomic mass is 32.2. The van der Waals surface area contributed by atoms with Gasteiger partial charge in [-0.2, -0.15) is 0 Å². The van der Waals surface area contributed by atoms with E-state index in [1.807, 2.05) is 36.4 Å². The molecule has 0 saturated heterocycles. The molecule has 0 N–H and O–H groups in total. The lowest BCUT2D eigenvalue weighted by Gasteiger charge is -2.14. The molecular formula is C30H34O7S2. The van der Waals surface area contributed by atoms with Crippen molar-refractivity contribution < 1.29 is 32.2 Å². The topological polar surface area (TPSA) is 96.0 Å². The predicted molar refractivity (Wildman–Crippen MR) is 154 cm³/mol. The van der Waals surface area contributed by atoms with Crippen LogP contribution in [0, 0.1) is 0 Å². The van der Waals surface area contributed by atoms with Crippen molar-refractivity contribution in [2.75, 3.05) is 19.5 Å². The lowest BCUT2D eigenvalue weighted by atomic mass is 10.1. The van der Waals surface area contributed by atoms with Gasteiger partial charge in [0.25, 0.3) is 0 Å². The van der Waals surface area contributed by atoms with Crippen molar-refractivity contribution in [2.24, 2.45) is 0 Å². The Morgan fingerprint density at radius 2 is 1.62 bits per heavy atom. The lowest BCUT2D eigenvalue weighted by Crippen LogP contribution is -2.05. The number of hydrogen-bond acceptors (Lipinski definition) is 8. The summed E-state index contributed by atoms with van der Waals surface area (Å²) in [5.41, 5.74) is 1.79. The normalized spacial score (nSPS) is 12.0. The molecule has 208 valence electrons. The van der Waals surface area contributed by atoms with E-state index >= 15 is 0 Å². The number of thioether (sulfide) groups is 1. The molecule has 0 saturated carbocycles. The third kappa shape index (κ3) is 9.75. The van der Waals surface area contributed by atoms with Crippen LogP contribution in [0.3, 0.4) is 0 Å². The Morgan fingerprint density at radius 1 is 0.923 bits per heavy atom. The fraction of sp³-hybridized carbons (Fsp3) is 0.333. The molecule has 9 heteroatoms. The molecule has 0 spiro atoms. The molecule has 0 radical (unpaired) electrons. The van der Waals surface area contributed by atoms with E-state index in [1.54, 1.807) is 18.2 Å². The highest BCUT2D eigenvalue weighted by Crippen LogP contribution is 2.31. The maximum atomic E-state index is 11.7. The first-order valence-corrected chi connectivity index (χ1v) is 15.6. The van der Waals surface area contributed by atoms with Gasteiger partial charge in [-0.1, -0.05) is 37.2 Å². The van der Waals surface area contributed by atoms with Crippen molar-refractivity contribution in [1.29, 1.82) is 0 Å². The van der Waals surface area contributed by atoms with Gasteiger partial charge in [-0.15, -0.1) is 0 Å². The number of aryl methyl sites for hydroxylation is 1. The fourth-order valence-corrected chi connectivity index (χ4v) is 5.15. The van der Waals surface area contributed by atoms with Crippen LogP contribution in [0.15, 0.2) is 71.6 Å². The minimum atomic E-state index is -3.25. The Labute approximate surface area is 234 Å². The van der Waals surface area contributed by atoms with Gasteiger partial charge in [0.1, 0.15) is 29.3 Å². The van der Waals surface area contributed by atoms with E-state index in [0.29, 0.717) is 30.5 Å². The molecule has 3 aromatic rings. The van der Waals surface area contributed by atoms with Gasteiger partial charge in [0.2, 0.25) is 0 Å². The highest BCUT2D eigenvalue weighted by molar-refractivity contribution is 8.14. The third-order valence-corrected chi connectivity index (χ3v) is 7.80. The molecule has 0 aromatic heterocycles. The zero-order valence-electron chi connectivity index (χ0n) is 22.4. The van der Waals surface area contributed by atoms with Crippen LogP contribution in [0.5, 0.6) is 23.0 Å². The van der Waals surface area contributed by atoms with E-state index in [1.165, 1.54) is 25.3 Å². The number of unbranched alkanes of at least 4 members (excludes halogenated alkanes) is 1. The average Bonchev–Trinajstić information content (AvgIpc) is 2.90. The summed E-state index contributed by atoms with van der Waals surface area (Å²) in [5, 5.41) is -0.641. The van der Waals surface area contributed by atoms with Crippen LogP contribution < -0.4 is 14.2 Å². The van der Waals surface area contributed by atoms with Crippen molar-refractivity contribution >= 4 is 33.0 Å². The molecule has 0 bridgehead atoms. The first-order chi connectivity index (χ1) is 18.7. The molecule has 0 aliphatic carbocycles. The Kier molecular flexibility index (Phi) is 11.4. The van der Waals surface area contributed by atoms with Crippen LogP contribution in [0.4, 0.5) is 0 Å². The van der Waals surface area contributed by atoms with Crippen LogP contribution in [-0.2, 0) is 25.8 Å². The molecule has 0 amide bonds. The second-order valence-corrected chi connectivity index (χ2v) is 12.3. The molecule has 39 heavy (non-hydrogen) atoms. The SMILES string of the molecule is CCCc1cc(Oc2ccc(S(C)(=O)=O)cc2)ccc1OCCCCOc1cccc(C(C=O)SC(C)=O)c1. The van der Waals surface area contributed by atoms with E-state index in [4.69, 9.17) is 14.2 Å². The van der Waals surface area contributed by atoms with Gasteiger partial charge < -0.3 is 19.0 Å². The van der Waals surface area contributed by atoms with Crippen molar-refractivity contribution in [3.05, 3.63) is 77.9 Å². The molecule has 1 atom stereocenters. The number of sulfone groups is 1. The quantitative estimate of drug-likeness (QED) is 0.149. The van der Waals surface area contributed by atoms with Gasteiger partial charge in [-0.25, -0.2) is 8.42 Å². The van der Waals surface area contributed by atoms with Crippen molar-refractivity contribution in [3.63, 3.8) is 0 Å². The van der Waals surface area contributed by atoms with Gasteiger partial charge >= 0.3 is 0 Å². The predicted octanol–water partition coefficient (Wildman–Crippen LogP) is 6.59. The summed E-state index contributed by atoms with van der Waals surface area (Å²) in [6.07, 6.45) is 5.32. The summed E-state index contributed by atoms with van der Waals surface area (Å²) < 4.78 is 41.1. The van der Waals surface area contributed by atoms with Crippen LogP contribution in [-0.4, -0.2) is 39.3 Å². The minimum absolute atomic E-state index is 0.107. The first-order valence-electron chi connectivity index (χ1n) is 12.8. The summed E-state index contributed by atoms with van der Waals surface area (Å²) in [4.78, 5) is 23.0. The van der Waals surface area contributed by atoms with Gasteiger partial charge in [0.05, 0.1) is 23.4 Å². The highest BCUT2D eigenvalue weighted by Gasteiger charge is 2.14. The number of hydrogen-bond donors (Lipinski definition) is 0. The van der Waals surface area contributed by atoms with Gasteiger partial charge in [-0.3, -0.25) is 4.79 Å². The Hall–Kier alpha value is -3.30. The summed E-state index contributed by atoms with van der Waals surface area (Å²) in [6.45, 7) is 4.59. The third-order valence-electron chi connectivity index (χ3n) is 5.71. The van der Waals surface area contributed by atoms with E-state index in [0.717, 1.165) is 60.6 Å². The molecule has 1 unspecified atom stereocenters. The largest absolute Gasteiger partial charge is 0.494 e. The van der Waals surface area contributed by atoms with E-state index in [9.17, 15) is 18.0 Å². The number of carbonyl (C=O) groups excluding carboxylic acids is 2. The van der Waals surface area contributed by atoms with E-state index < -0.39 is 15.1 Å². The van der Waals surface area contributed by atoms with Gasteiger partial charge in [-0.05, 0) is 85.0 Å². The summed E-state index contributed by atoms with van der Waals surface area (Å²) in [6, 6.07) is 19.3. The van der Waals surface area contributed by atoms with E-state index in [2.05, 4.69) is 6.92 Å². The van der Waals surface area contributed by atoms with Crippen molar-refractivity contribution in [1.82, 2.24) is 0 Å². The van der Waals surface area contributed by atoms with Crippen LogP contribution in [0.2, 0.25) is 0 Å². The molecule has 3 rings (SSSR count). The second kappa shape index (κ2) is 14.7. The standard InChI is InChI=1S/C30H34O7S2/c1-4-8-23-19-27(37-25-11-14-28(15-12-25)39(3,33)34)13-16-29(23)36-18-6-5-17-35-26-10-7-9-24(20-26)30(21-31)38-22(2)32/h7,9-16,19-21,30H,4-6,8,17-18H2,1-3H3. The zero-order valence-corrected chi connectivity index (χ0v) is 24.1.